The van der Waals surface area contributed by atoms with Gasteiger partial charge in [0.05, 0.1) is 0 Å². The monoisotopic (exact) mass is 297 g/mol. The molecule has 0 bridgehead atoms. The summed E-state index contributed by atoms with van der Waals surface area (Å²) in [7, 11) is -4.64. The van der Waals surface area contributed by atoms with Gasteiger partial charge in [0.2, 0.25) is 0 Å². The van der Waals surface area contributed by atoms with E-state index < -0.39 is 7.82 Å². The molecule has 7 heteroatoms. The minimum atomic E-state index is -4.64. The van der Waals surface area contributed by atoms with E-state index in [9.17, 15) is 0 Å². The number of rotatable bonds is 0. The summed E-state index contributed by atoms with van der Waals surface area (Å²) in [5.41, 5.74) is 0. The fourth-order valence-corrected chi connectivity index (χ4v) is 0. The maximum absolute atomic E-state index is 8.88. The van der Waals surface area contributed by atoms with Crippen LogP contribution in [-0.4, -0.2) is 20.2 Å². The maximum Gasteiger partial charge on any atom is 0.466 e. The fraction of sp³-hybridized carbons (Fsp3) is 0. The van der Waals surface area contributed by atoms with Crippen LogP contribution in [0.3, 0.4) is 0 Å². The molecule has 0 fully saturated rings. The van der Waals surface area contributed by atoms with Gasteiger partial charge in [-0.3, -0.25) is 0 Å². The molecule has 0 spiro atoms. The molecule has 0 aliphatic heterocycles. The average molecular weight is 297 g/mol. The third kappa shape index (κ3) is 240. The molecule has 0 aromatic carbocycles. The van der Waals surface area contributed by atoms with Crippen LogP contribution in [0, 0.1) is 0 Å². The molecule has 0 aliphatic carbocycles. The van der Waals surface area contributed by atoms with Crippen molar-refractivity contribution in [3.8, 4) is 0 Å². The van der Waals surface area contributed by atoms with Crippen molar-refractivity contribution in [1.29, 1.82) is 0 Å². The molecule has 0 saturated carbocycles. The molecule has 0 rings (SSSR count). The predicted molar refractivity (Wildman–Crippen MR) is 17.9 cm³/mol. The third-order valence-electron chi connectivity index (χ3n) is 0. The maximum atomic E-state index is 8.88. The normalized spacial score (nSPS) is 8.43. The number of hydrogen-bond donors (Lipinski definition) is 3. The van der Waals surface area contributed by atoms with Crippen LogP contribution >= 0.6 is 7.82 Å². The van der Waals surface area contributed by atoms with Crippen LogP contribution in [0.15, 0.2) is 0 Å². The minimum absolute atomic E-state index is 0. The summed E-state index contributed by atoms with van der Waals surface area (Å²) in [6.07, 6.45) is 0. The second kappa shape index (κ2) is 4.96. The van der Waals surface area contributed by atoms with Gasteiger partial charge in [-0.2, -0.15) is 0 Å². The van der Waals surface area contributed by atoms with Crippen LogP contribution in [0.2, 0.25) is 0 Å². The molecule has 0 aromatic heterocycles. The van der Waals surface area contributed by atoms with Crippen LogP contribution < -0.4 is 0 Å². The second-order valence-corrected chi connectivity index (χ2v) is 1.54. The Morgan fingerprint density at radius 2 is 1.14 bits per heavy atom. The first-order valence-electron chi connectivity index (χ1n) is 0.783. The molecule has 5 nitrogen and oxygen atoms in total. The van der Waals surface area contributed by atoms with Gasteiger partial charge in [-0.1, -0.05) is 0 Å². The summed E-state index contributed by atoms with van der Waals surface area (Å²) in [6, 6.07) is 0. The van der Waals surface area contributed by atoms with Gasteiger partial charge in [-0.25, -0.2) is 4.57 Å². The largest absolute Gasteiger partial charge is 0.466 e. The third-order valence-corrected chi connectivity index (χ3v) is 0. The Morgan fingerprint density at radius 3 is 1.14 bits per heavy atom. The van der Waals surface area contributed by atoms with Gasteiger partial charge >= 0.3 is 7.82 Å². The molecular formula is H5O5PTa. The van der Waals surface area contributed by atoms with Gasteiger partial charge in [-0.05, 0) is 0 Å². The quantitative estimate of drug-likeness (QED) is 0.460. The SMILES string of the molecule is O.O=P(O)(O)O.[Ta]. The molecule has 0 atom stereocenters. The van der Waals surface area contributed by atoms with Gasteiger partial charge in [0, 0.05) is 22.4 Å². The first-order chi connectivity index (χ1) is 2.00. The summed E-state index contributed by atoms with van der Waals surface area (Å²) in [6.45, 7) is 0. The van der Waals surface area contributed by atoms with E-state index >= 15 is 0 Å². The summed E-state index contributed by atoms with van der Waals surface area (Å²) in [5.74, 6) is 0. The summed E-state index contributed by atoms with van der Waals surface area (Å²) in [4.78, 5) is 21.6. The van der Waals surface area contributed by atoms with Crippen molar-refractivity contribution in [2.75, 3.05) is 0 Å². The van der Waals surface area contributed by atoms with Crippen LogP contribution in [0.25, 0.3) is 0 Å². The zero-order valence-electron chi connectivity index (χ0n) is 3.14. The van der Waals surface area contributed by atoms with Crippen molar-refractivity contribution < 1.29 is 47.1 Å². The Balaban J connectivity index is -0.0000000800. The molecule has 0 saturated heterocycles. The minimum Gasteiger partial charge on any atom is -0.412 e. The van der Waals surface area contributed by atoms with E-state index in [1.165, 1.54) is 0 Å². The summed E-state index contributed by atoms with van der Waals surface area (Å²) >= 11 is 0. The van der Waals surface area contributed by atoms with Crippen LogP contribution in [0.1, 0.15) is 0 Å². The van der Waals surface area contributed by atoms with Crippen molar-refractivity contribution in [3.63, 3.8) is 0 Å². The zero-order chi connectivity index (χ0) is 4.50. The zero-order valence-corrected chi connectivity index (χ0v) is 7.25. The fourth-order valence-electron chi connectivity index (χ4n) is 0. The van der Waals surface area contributed by atoms with Gasteiger partial charge in [0.15, 0.2) is 0 Å². The molecule has 0 unspecified atom stereocenters. The number of phosphoric acid groups is 1. The Bertz CT molecular complexity index is 54.2. The molecule has 0 heterocycles. The van der Waals surface area contributed by atoms with Gasteiger partial charge < -0.3 is 20.2 Å². The predicted octanol–water partition coefficient (Wildman–Crippen LogP) is -1.76. The van der Waals surface area contributed by atoms with E-state index in [1.54, 1.807) is 0 Å². The van der Waals surface area contributed by atoms with Gasteiger partial charge in [0.1, 0.15) is 0 Å². The first-order valence-corrected chi connectivity index (χ1v) is 2.35. The van der Waals surface area contributed by atoms with Crippen molar-refractivity contribution in [3.05, 3.63) is 0 Å². The van der Waals surface area contributed by atoms with Gasteiger partial charge in [0.25, 0.3) is 0 Å². The molecule has 5 N–H and O–H groups in total. The van der Waals surface area contributed by atoms with Crippen molar-refractivity contribution >= 4 is 7.82 Å². The van der Waals surface area contributed by atoms with Crippen molar-refractivity contribution in [2.45, 2.75) is 0 Å². The second-order valence-electron chi connectivity index (χ2n) is 0.513. The van der Waals surface area contributed by atoms with E-state index in [1.807, 2.05) is 0 Å². The standard InChI is InChI=1S/H3O4P.H2O.Ta/c1-5(2,3)4;;/h(H3,1,2,3,4);1H2;. The molecule has 1 radical (unpaired) electrons. The molecular weight excluding hydrogens is 292 g/mol. The molecule has 0 amide bonds. The van der Waals surface area contributed by atoms with Crippen LogP contribution in [-0.2, 0) is 26.9 Å². The van der Waals surface area contributed by atoms with E-state index in [0.29, 0.717) is 0 Å². The summed E-state index contributed by atoms with van der Waals surface area (Å²) < 4.78 is 8.88. The smallest absolute Gasteiger partial charge is 0.412 e. The van der Waals surface area contributed by atoms with Gasteiger partial charge in [-0.15, -0.1) is 0 Å². The Morgan fingerprint density at radius 1 is 1.14 bits per heavy atom. The van der Waals surface area contributed by atoms with Crippen LogP contribution in [0.5, 0.6) is 0 Å². The molecule has 7 heavy (non-hydrogen) atoms. The van der Waals surface area contributed by atoms with E-state index in [2.05, 4.69) is 0 Å². The summed E-state index contributed by atoms with van der Waals surface area (Å²) in [5, 5.41) is 0. The Hall–Kier alpha value is 0.810. The molecule has 45 valence electrons. The van der Waals surface area contributed by atoms with Crippen molar-refractivity contribution in [2.24, 2.45) is 0 Å². The van der Waals surface area contributed by atoms with E-state index in [0.717, 1.165) is 0 Å². The first kappa shape index (κ1) is 15.7. The van der Waals surface area contributed by atoms with Crippen molar-refractivity contribution in [1.82, 2.24) is 0 Å². The topological polar surface area (TPSA) is 109 Å². The van der Waals surface area contributed by atoms with E-state index in [4.69, 9.17) is 19.2 Å². The Labute approximate surface area is 55.4 Å². The molecule has 0 aliphatic rings. The number of hydrogen-bond acceptors (Lipinski definition) is 1. The van der Waals surface area contributed by atoms with Crippen LogP contribution in [0.4, 0.5) is 0 Å². The molecule has 0 aromatic rings. The average Bonchev–Trinajstić information content (AvgIpc) is 0.722. The Kier molecular flexibility index (Phi) is 11.1. The van der Waals surface area contributed by atoms with E-state index in [-0.39, 0.29) is 27.9 Å².